The van der Waals surface area contributed by atoms with E-state index < -0.39 is 33.1 Å². The van der Waals surface area contributed by atoms with Crippen molar-refractivity contribution in [2.75, 3.05) is 18.6 Å². The molecule has 2 bridgehead atoms. The number of imide groups is 1. The summed E-state index contributed by atoms with van der Waals surface area (Å²) in [6, 6.07) is 28.4. The summed E-state index contributed by atoms with van der Waals surface area (Å²) >= 11 is 8.00. The van der Waals surface area contributed by atoms with Crippen molar-refractivity contribution in [2.24, 2.45) is 11.8 Å². The van der Waals surface area contributed by atoms with E-state index in [1.54, 1.807) is 36.4 Å². The summed E-state index contributed by atoms with van der Waals surface area (Å²) in [6.07, 6.45) is 0. The Balaban J connectivity index is 1.16. The molecule has 1 heterocycles. The summed E-state index contributed by atoms with van der Waals surface area (Å²) in [4.78, 5) is 54.8. The number of halogens is 2. The Morgan fingerprint density at radius 2 is 1.14 bits per heavy atom. The molecule has 9 heteroatoms. The highest BCUT2D eigenvalue weighted by Crippen LogP contribution is 2.70. The van der Waals surface area contributed by atoms with Crippen LogP contribution >= 0.6 is 31.9 Å². The third kappa shape index (κ3) is 3.84. The van der Waals surface area contributed by atoms with Gasteiger partial charge in [0.1, 0.15) is 5.75 Å². The molecule has 1 saturated heterocycles. The number of alkyl halides is 2. The van der Waals surface area contributed by atoms with Crippen molar-refractivity contribution < 1.29 is 28.7 Å². The number of ether oxygens (including phenoxy) is 2. The van der Waals surface area contributed by atoms with Crippen LogP contribution in [0.1, 0.15) is 43.0 Å². The molecule has 214 valence electrons. The van der Waals surface area contributed by atoms with Crippen molar-refractivity contribution in [2.45, 2.75) is 8.65 Å². The Morgan fingerprint density at radius 3 is 1.58 bits per heavy atom. The zero-order valence-electron chi connectivity index (χ0n) is 22.8. The minimum atomic E-state index is -0.887. The molecule has 2 amide bonds. The SMILES string of the molecule is COc1ccc(C(=O)COC(=O)c2ccc(N3C(=O)C4C(C3=O)C3(Br)c5ccccc5C4(Br)c4ccccc43)cc2)cc1. The van der Waals surface area contributed by atoms with Gasteiger partial charge in [-0.15, -0.1) is 0 Å². The molecule has 0 radical (unpaired) electrons. The molecule has 0 spiro atoms. The maximum Gasteiger partial charge on any atom is 0.338 e. The predicted molar refractivity (Wildman–Crippen MR) is 166 cm³/mol. The molecule has 8 rings (SSSR count). The molecular weight excluding hydrogens is 678 g/mol. The second-order valence-corrected chi connectivity index (χ2v) is 13.3. The fraction of sp³-hybridized carbons (Fsp3) is 0.176. The number of hydrogen-bond acceptors (Lipinski definition) is 6. The predicted octanol–water partition coefficient (Wildman–Crippen LogP) is 6.14. The number of ketones is 1. The van der Waals surface area contributed by atoms with Crippen LogP contribution in [0, 0.1) is 11.8 Å². The van der Waals surface area contributed by atoms with E-state index in [0.717, 1.165) is 22.3 Å². The number of methoxy groups -OCH3 is 1. The van der Waals surface area contributed by atoms with Gasteiger partial charge in [0.15, 0.2) is 12.4 Å². The number of nitrogens with zero attached hydrogens (tertiary/aromatic N) is 1. The normalized spacial score (nSPS) is 24.7. The third-order valence-corrected chi connectivity index (χ3v) is 11.4. The lowest BCUT2D eigenvalue weighted by atomic mass is 9.54. The lowest BCUT2D eigenvalue weighted by Crippen LogP contribution is -2.56. The highest BCUT2D eigenvalue weighted by atomic mass is 79.9. The van der Waals surface area contributed by atoms with Crippen molar-refractivity contribution >= 4 is 61.1 Å². The number of anilines is 1. The summed E-state index contributed by atoms with van der Waals surface area (Å²) in [5.74, 6) is -2.46. The van der Waals surface area contributed by atoms with E-state index in [2.05, 4.69) is 31.9 Å². The summed E-state index contributed by atoms with van der Waals surface area (Å²) in [7, 11) is 1.53. The van der Waals surface area contributed by atoms with Gasteiger partial charge in [0.25, 0.3) is 0 Å². The molecule has 4 aromatic rings. The molecule has 2 atom stereocenters. The molecule has 4 aliphatic rings. The van der Waals surface area contributed by atoms with Crippen LogP contribution in [0.5, 0.6) is 5.75 Å². The number of hydrogen-bond donors (Lipinski definition) is 0. The fourth-order valence-electron chi connectivity index (χ4n) is 6.74. The first-order valence-corrected chi connectivity index (χ1v) is 15.2. The largest absolute Gasteiger partial charge is 0.497 e. The molecule has 4 aromatic carbocycles. The third-order valence-electron chi connectivity index (χ3n) is 8.69. The van der Waals surface area contributed by atoms with Gasteiger partial charge in [0.05, 0.1) is 38.8 Å². The molecule has 1 fully saturated rings. The highest BCUT2D eigenvalue weighted by Gasteiger charge is 2.72. The zero-order chi connectivity index (χ0) is 30.1. The van der Waals surface area contributed by atoms with Crippen molar-refractivity contribution in [3.05, 3.63) is 130 Å². The topological polar surface area (TPSA) is 90.0 Å². The van der Waals surface area contributed by atoms with Gasteiger partial charge in [0.2, 0.25) is 11.8 Å². The van der Waals surface area contributed by atoms with E-state index in [4.69, 9.17) is 9.47 Å². The summed E-state index contributed by atoms with van der Waals surface area (Å²) in [5.41, 5.74) is 4.76. The number of benzene rings is 4. The van der Waals surface area contributed by atoms with Crippen LogP contribution in [0.4, 0.5) is 5.69 Å². The van der Waals surface area contributed by atoms with Gasteiger partial charge in [-0.05, 0) is 70.8 Å². The molecule has 3 aliphatic carbocycles. The zero-order valence-corrected chi connectivity index (χ0v) is 25.9. The molecule has 0 N–H and O–H groups in total. The van der Waals surface area contributed by atoms with E-state index in [1.165, 1.54) is 24.1 Å². The maximum atomic E-state index is 14.2. The first-order chi connectivity index (χ1) is 20.7. The Bertz CT molecular complexity index is 1710. The quantitative estimate of drug-likeness (QED) is 0.104. The second kappa shape index (κ2) is 9.99. The Hall–Kier alpha value is -4.08. The van der Waals surface area contributed by atoms with Gasteiger partial charge in [-0.25, -0.2) is 9.69 Å². The van der Waals surface area contributed by atoms with Gasteiger partial charge in [-0.2, -0.15) is 0 Å². The van der Waals surface area contributed by atoms with E-state index in [9.17, 15) is 19.2 Å². The molecule has 1 aliphatic heterocycles. The average Bonchev–Trinajstić information content (AvgIpc) is 3.33. The van der Waals surface area contributed by atoms with Crippen LogP contribution in [0.2, 0.25) is 0 Å². The number of amides is 2. The first kappa shape index (κ1) is 27.7. The van der Waals surface area contributed by atoms with Crippen LogP contribution < -0.4 is 9.64 Å². The van der Waals surface area contributed by atoms with E-state index in [1.807, 2.05) is 48.5 Å². The minimum absolute atomic E-state index is 0.191. The van der Waals surface area contributed by atoms with Crippen LogP contribution in [0.15, 0.2) is 97.1 Å². The Morgan fingerprint density at radius 1 is 0.698 bits per heavy atom. The van der Waals surface area contributed by atoms with E-state index >= 15 is 0 Å². The van der Waals surface area contributed by atoms with E-state index in [-0.39, 0.29) is 23.2 Å². The van der Waals surface area contributed by atoms with Crippen molar-refractivity contribution in [3.8, 4) is 5.75 Å². The van der Waals surface area contributed by atoms with Crippen molar-refractivity contribution in [3.63, 3.8) is 0 Å². The highest BCUT2D eigenvalue weighted by molar-refractivity contribution is 9.10. The lowest BCUT2D eigenvalue weighted by Gasteiger charge is -2.55. The fourth-order valence-corrected chi connectivity index (χ4v) is 9.05. The standard InChI is InChI=1S/C34H23Br2NO6/c1-42-22-16-12-19(13-17-22)27(38)18-43-32(41)20-10-14-21(15-11-20)37-30(39)28-29(31(37)40)34(36)24-7-3-2-6-23(24)33(28,35)25-8-4-5-9-26(25)34/h2-17,28-29H,18H2,1H3. The first-order valence-electron chi connectivity index (χ1n) is 13.6. The van der Waals surface area contributed by atoms with Crippen molar-refractivity contribution in [1.82, 2.24) is 0 Å². The molecule has 43 heavy (non-hydrogen) atoms. The molecule has 7 nitrogen and oxygen atoms in total. The van der Waals surface area contributed by atoms with Crippen LogP contribution in [0.25, 0.3) is 0 Å². The van der Waals surface area contributed by atoms with E-state index in [0.29, 0.717) is 17.0 Å². The molecule has 2 unspecified atom stereocenters. The molecule has 0 saturated carbocycles. The molecular formula is C34H23Br2NO6. The molecule has 0 aromatic heterocycles. The second-order valence-electron chi connectivity index (χ2n) is 10.8. The van der Waals surface area contributed by atoms with Crippen LogP contribution in [0.3, 0.4) is 0 Å². The van der Waals surface area contributed by atoms with Crippen LogP contribution in [-0.2, 0) is 23.0 Å². The Kier molecular flexibility index (Phi) is 6.45. The van der Waals surface area contributed by atoms with Crippen LogP contribution in [-0.4, -0.2) is 37.3 Å². The minimum Gasteiger partial charge on any atom is -0.497 e. The smallest absolute Gasteiger partial charge is 0.338 e. The average molecular weight is 701 g/mol. The lowest BCUT2D eigenvalue weighted by molar-refractivity contribution is -0.122. The summed E-state index contributed by atoms with van der Waals surface area (Å²) < 4.78 is 8.57. The van der Waals surface area contributed by atoms with Gasteiger partial charge in [0, 0.05) is 5.56 Å². The Labute approximate surface area is 264 Å². The van der Waals surface area contributed by atoms with Gasteiger partial charge < -0.3 is 9.47 Å². The summed E-state index contributed by atoms with van der Waals surface area (Å²) in [6.45, 7) is -0.429. The van der Waals surface area contributed by atoms with Crippen molar-refractivity contribution in [1.29, 1.82) is 0 Å². The number of carbonyl (C=O) groups excluding carboxylic acids is 4. The van der Waals surface area contributed by atoms with Gasteiger partial charge in [-0.3, -0.25) is 14.4 Å². The maximum absolute atomic E-state index is 14.2. The van der Waals surface area contributed by atoms with Gasteiger partial charge >= 0.3 is 5.97 Å². The summed E-state index contributed by atoms with van der Waals surface area (Å²) in [5, 5.41) is 0. The number of esters is 1. The number of Topliss-reactive ketones (excluding diaryl/α,β-unsaturated/α-hetero) is 1. The van der Waals surface area contributed by atoms with Gasteiger partial charge in [-0.1, -0.05) is 80.4 Å². The monoisotopic (exact) mass is 699 g/mol. The number of rotatable bonds is 6. The number of carbonyl (C=O) groups is 4.